The molecule has 292 valence electrons. The van der Waals surface area contributed by atoms with Gasteiger partial charge in [0.15, 0.2) is 5.82 Å². The van der Waals surface area contributed by atoms with Crippen molar-refractivity contribution in [2.45, 2.75) is 44.2 Å². The van der Waals surface area contributed by atoms with E-state index in [1.165, 1.54) is 18.2 Å². The highest BCUT2D eigenvalue weighted by Crippen LogP contribution is 2.64. The molecule has 1 saturated carbocycles. The molecule has 0 radical (unpaired) electrons. The first kappa shape index (κ1) is 38.1. The Bertz CT molecular complexity index is 2460. The number of pyridine rings is 1. The number of rotatable bonds is 6. The molecule has 1 aromatic heterocycles. The van der Waals surface area contributed by atoms with Gasteiger partial charge in [0, 0.05) is 29.3 Å². The van der Waals surface area contributed by atoms with Crippen molar-refractivity contribution >= 4 is 64.0 Å². The van der Waals surface area contributed by atoms with Crippen LogP contribution >= 0.6 is 23.2 Å². The quantitative estimate of drug-likeness (QED) is 0.0855. The van der Waals surface area contributed by atoms with Crippen LogP contribution in [0.25, 0.3) is 0 Å². The molecule has 4 amide bonds. The molecule has 6 atom stereocenters. The van der Waals surface area contributed by atoms with E-state index < -0.39 is 86.1 Å². The van der Waals surface area contributed by atoms with Crippen molar-refractivity contribution < 1.29 is 42.4 Å². The van der Waals surface area contributed by atoms with Crippen LogP contribution in [0.3, 0.4) is 0 Å². The summed E-state index contributed by atoms with van der Waals surface area (Å²) in [5, 5.41) is 23.0. The highest BCUT2D eigenvalue weighted by molar-refractivity contribution is 6.33. The molecule has 3 aromatic carbocycles. The predicted molar refractivity (Wildman–Crippen MR) is 200 cm³/mol. The molecule has 2 N–H and O–H groups in total. The van der Waals surface area contributed by atoms with Crippen LogP contribution in [-0.2, 0) is 30.8 Å². The molecule has 4 aromatic rings. The summed E-state index contributed by atoms with van der Waals surface area (Å²) in [6.07, 6.45) is -2.51. The van der Waals surface area contributed by atoms with Crippen LogP contribution in [0.2, 0.25) is 10.0 Å². The summed E-state index contributed by atoms with van der Waals surface area (Å²) in [6.45, 7) is 3.35. The number of phenolic OH excluding ortho intramolecular Hbond substituents is 1. The zero-order valence-electron chi connectivity index (χ0n) is 29.9. The van der Waals surface area contributed by atoms with Crippen molar-refractivity contribution in [3.05, 3.63) is 133 Å². The summed E-state index contributed by atoms with van der Waals surface area (Å²) in [7, 11) is 0. The summed E-state index contributed by atoms with van der Waals surface area (Å²) in [6, 6.07) is 15.5. The number of hydrogen-bond acceptors (Lipinski definition) is 9. The maximum atomic E-state index is 15.4. The summed E-state index contributed by atoms with van der Waals surface area (Å²) < 4.78 is 40.5. The van der Waals surface area contributed by atoms with E-state index in [1.54, 1.807) is 50.2 Å². The van der Waals surface area contributed by atoms with E-state index in [-0.39, 0.29) is 30.0 Å². The van der Waals surface area contributed by atoms with Gasteiger partial charge in [-0.2, -0.15) is 18.2 Å². The van der Waals surface area contributed by atoms with Gasteiger partial charge in [-0.05, 0) is 79.1 Å². The number of aryl methyl sites for hydroxylation is 2. The predicted octanol–water partition coefficient (Wildman–Crippen LogP) is 7.83. The average Bonchev–Trinajstić information content (AvgIpc) is 3.54. The van der Waals surface area contributed by atoms with E-state index in [0.717, 1.165) is 11.0 Å². The zero-order chi connectivity index (χ0) is 40.9. The molecule has 2 aliphatic carbocycles. The SMILES string of the molecule is Cc1cc(C2C3=CCC4C(=O)N(c5cccc([N+](=O)[O-])c5)C(=O)C4C3CC3C(=O)N(Nc4ncc(C(F)(F)F)cc4Cl)C(=O)C32c2ccc(Cl)cc2)cc(C)c1O. The van der Waals surface area contributed by atoms with Crippen LogP contribution in [0.15, 0.2) is 84.6 Å². The Balaban J connectivity index is 1.32. The fraction of sp³-hybridized carbons (Fsp3) is 0.275. The molecule has 12 nitrogen and oxygen atoms in total. The molecule has 8 rings (SSSR count). The Kier molecular flexibility index (Phi) is 8.96. The van der Waals surface area contributed by atoms with Gasteiger partial charge in [0.1, 0.15) is 5.75 Å². The van der Waals surface area contributed by atoms with E-state index in [4.69, 9.17) is 23.2 Å². The smallest absolute Gasteiger partial charge is 0.417 e. The van der Waals surface area contributed by atoms with E-state index in [0.29, 0.717) is 50.1 Å². The number of imide groups is 2. The molecule has 3 fully saturated rings. The van der Waals surface area contributed by atoms with E-state index >= 15 is 4.79 Å². The average molecular weight is 821 g/mol. The minimum Gasteiger partial charge on any atom is -0.507 e. The second kappa shape index (κ2) is 13.4. The number of nitrogens with one attached hydrogen (secondary N) is 1. The second-order valence-electron chi connectivity index (χ2n) is 14.7. The number of hydrazine groups is 1. The van der Waals surface area contributed by atoms with Crippen molar-refractivity contribution in [3.8, 4) is 5.75 Å². The second-order valence-corrected chi connectivity index (χ2v) is 15.6. The number of phenols is 1. The number of aromatic nitrogens is 1. The fourth-order valence-corrected chi connectivity index (χ4v) is 9.65. The lowest BCUT2D eigenvalue weighted by Crippen LogP contribution is -2.53. The molecule has 17 heteroatoms. The van der Waals surface area contributed by atoms with Gasteiger partial charge in [0.2, 0.25) is 11.8 Å². The van der Waals surface area contributed by atoms with Gasteiger partial charge in [-0.1, -0.05) is 65.2 Å². The number of carbonyl (C=O) groups is 4. The van der Waals surface area contributed by atoms with Gasteiger partial charge in [-0.25, -0.2) is 9.88 Å². The molecule has 2 aliphatic heterocycles. The van der Waals surface area contributed by atoms with Gasteiger partial charge in [0.25, 0.3) is 17.5 Å². The molecule has 57 heavy (non-hydrogen) atoms. The number of carbonyl (C=O) groups excluding carboxylic acids is 4. The van der Waals surface area contributed by atoms with E-state index in [1.807, 2.05) is 6.08 Å². The first-order valence-corrected chi connectivity index (χ1v) is 18.5. The summed E-state index contributed by atoms with van der Waals surface area (Å²) in [5.41, 5.74) is 1.75. The summed E-state index contributed by atoms with van der Waals surface area (Å²) in [4.78, 5) is 74.6. The van der Waals surface area contributed by atoms with E-state index in [9.17, 15) is 42.8 Å². The number of nitro groups is 1. The van der Waals surface area contributed by atoms with Crippen molar-refractivity contribution in [2.75, 3.05) is 10.3 Å². The van der Waals surface area contributed by atoms with Crippen LogP contribution in [0.1, 0.15) is 46.6 Å². The van der Waals surface area contributed by atoms with Crippen LogP contribution in [0.5, 0.6) is 5.75 Å². The third-order valence-electron chi connectivity index (χ3n) is 11.7. The van der Waals surface area contributed by atoms with E-state index in [2.05, 4.69) is 10.4 Å². The number of amides is 4. The normalized spacial score (nSPS) is 25.6. The number of nitrogens with zero attached hydrogens (tertiary/aromatic N) is 4. The number of hydrogen-bond donors (Lipinski definition) is 2. The minimum absolute atomic E-state index is 0.00481. The highest BCUT2D eigenvalue weighted by Gasteiger charge is 2.70. The van der Waals surface area contributed by atoms with Crippen LogP contribution in [0.4, 0.5) is 30.4 Å². The topological polar surface area (TPSA) is 163 Å². The molecule has 2 saturated heterocycles. The third kappa shape index (κ3) is 5.77. The van der Waals surface area contributed by atoms with Crippen LogP contribution in [-0.4, -0.2) is 43.7 Å². The third-order valence-corrected chi connectivity index (χ3v) is 12.2. The molecule has 4 aliphatic rings. The number of allylic oxidation sites excluding steroid dienone is 2. The van der Waals surface area contributed by atoms with Crippen LogP contribution in [0, 0.1) is 47.6 Å². The van der Waals surface area contributed by atoms with Crippen molar-refractivity contribution in [2.24, 2.45) is 23.7 Å². The number of anilines is 2. The number of halogens is 5. The summed E-state index contributed by atoms with van der Waals surface area (Å²) >= 11 is 12.6. The largest absolute Gasteiger partial charge is 0.507 e. The number of benzene rings is 3. The standard InChI is InChI=1S/C40H30Cl2F3N5O7/c1-18-12-20(13-19(2)33(18)51)32-26-10-11-27-31(37(54)48(35(27)52)24-4-3-5-25(15-24)50(56)57)28(26)16-29-36(53)49(38(55)39(29,32)21-6-8-23(41)9-7-21)47-34-30(42)14-22(17-46-34)40(43,44)45/h3-10,12-15,17,27-29,31-32,51H,11,16H2,1-2H3,(H,46,47). The Morgan fingerprint density at radius 3 is 2.26 bits per heavy atom. The number of aromatic hydroxyl groups is 1. The van der Waals surface area contributed by atoms with Gasteiger partial charge in [-0.3, -0.25) is 34.7 Å². The molecular weight excluding hydrogens is 790 g/mol. The van der Waals surface area contributed by atoms with Gasteiger partial charge >= 0.3 is 6.18 Å². The molecule has 6 unspecified atom stereocenters. The fourth-order valence-electron chi connectivity index (χ4n) is 9.31. The Labute approximate surface area is 332 Å². The Hall–Kier alpha value is -5.80. The van der Waals surface area contributed by atoms with Gasteiger partial charge < -0.3 is 5.11 Å². The number of non-ortho nitro benzene ring substituents is 1. The Morgan fingerprint density at radius 2 is 1.63 bits per heavy atom. The lowest BCUT2D eigenvalue weighted by Gasteiger charge is -2.50. The first-order chi connectivity index (χ1) is 26.9. The first-order valence-electron chi connectivity index (χ1n) is 17.7. The monoisotopic (exact) mass is 819 g/mol. The number of nitro benzene ring substituents is 1. The van der Waals surface area contributed by atoms with Gasteiger partial charge in [-0.15, -0.1) is 0 Å². The number of fused-ring (bicyclic) bond motifs is 4. The van der Waals surface area contributed by atoms with Crippen molar-refractivity contribution in [1.29, 1.82) is 0 Å². The summed E-state index contributed by atoms with van der Waals surface area (Å²) in [5.74, 6) is -8.15. The molecular formula is C40H30Cl2F3N5O7. The zero-order valence-corrected chi connectivity index (χ0v) is 31.4. The highest BCUT2D eigenvalue weighted by atomic mass is 35.5. The maximum absolute atomic E-state index is 15.4. The Morgan fingerprint density at radius 1 is 0.947 bits per heavy atom. The molecule has 0 spiro atoms. The van der Waals surface area contributed by atoms with Crippen LogP contribution < -0.4 is 10.3 Å². The maximum Gasteiger partial charge on any atom is 0.417 e. The molecule has 3 heterocycles. The lowest BCUT2D eigenvalue weighted by atomic mass is 9.49. The molecule has 0 bridgehead atoms. The minimum atomic E-state index is -4.78. The number of alkyl halides is 3. The van der Waals surface area contributed by atoms with Crippen molar-refractivity contribution in [1.82, 2.24) is 9.99 Å². The van der Waals surface area contributed by atoms with Gasteiger partial charge in [0.05, 0.1) is 44.4 Å². The lowest BCUT2D eigenvalue weighted by molar-refractivity contribution is -0.384. The van der Waals surface area contributed by atoms with Crippen molar-refractivity contribution in [3.63, 3.8) is 0 Å².